The van der Waals surface area contributed by atoms with Crippen molar-refractivity contribution in [1.82, 2.24) is 0 Å². The predicted octanol–water partition coefficient (Wildman–Crippen LogP) is 2.22. The molecule has 0 spiro atoms. The third kappa shape index (κ3) is 9.21. The monoisotopic (exact) mass is 230 g/mol. The van der Waals surface area contributed by atoms with Gasteiger partial charge in [0.05, 0.1) is 18.6 Å². The topological polar surface area (TPSA) is 52.6 Å². The third-order valence-corrected chi connectivity index (χ3v) is 2.08. The zero-order valence-electron chi connectivity index (χ0n) is 9.75. The SMILES string of the molecule is C=C(C)OC(=O)CCC(=O)O[Si](C)(C)C. The van der Waals surface area contributed by atoms with E-state index in [2.05, 4.69) is 6.58 Å². The number of allylic oxidation sites excluding steroid dienone is 1. The first-order valence-electron chi connectivity index (χ1n) is 4.79. The molecule has 0 aromatic rings. The Balaban J connectivity index is 3.82. The van der Waals surface area contributed by atoms with E-state index >= 15 is 0 Å². The lowest BCUT2D eigenvalue weighted by molar-refractivity contribution is -0.144. The van der Waals surface area contributed by atoms with Crippen LogP contribution in [0.4, 0.5) is 0 Å². The van der Waals surface area contributed by atoms with E-state index in [-0.39, 0.29) is 18.8 Å². The molecule has 86 valence electrons. The summed E-state index contributed by atoms with van der Waals surface area (Å²) in [5, 5.41) is 0. The number of carbonyl (C=O) groups excluding carboxylic acids is 2. The molecule has 0 saturated carbocycles. The Morgan fingerprint density at radius 3 is 2.00 bits per heavy atom. The molecule has 0 aliphatic carbocycles. The van der Waals surface area contributed by atoms with Crippen LogP contribution in [-0.4, -0.2) is 20.3 Å². The van der Waals surface area contributed by atoms with E-state index in [1.165, 1.54) is 0 Å². The Labute approximate surface area is 91.4 Å². The van der Waals surface area contributed by atoms with Gasteiger partial charge in [-0.1, -0.05) is 6.58 Å². The summed E-state index contributed by atoms with van der Waals surface area (Å²) < 4.78 is 9.86. The van der Waals surface area contributed by atoms with Gasteiger partial charge < -0.3 is 9.16 Å². The molecule has 0 aliphatic heterocycles. The van der Waals surface area contributed by atoms with Gasteiger partial charge in [0, 0.05) is 0 Å². The molecular formula is C10H18O4Si. The first-order chi connectivity index (χ1) is 6.70. The molecule has 15 heavy (non-hydrogen) atoms. The number of ether oxygens (including phenoxy) is 1. The molecule has 0 rings (SSSR count). The molecule has 5 heteroatoms. The minimum atomic E-state index is -1.84. The smallest absolute Gasteiger partial charge is 0.311 e. The maximum atomic E-state index is 11.2. The Hall–Kier alpha value is -1.10. The summed E-state index contributed by atoms with van der Waals surface area (Å²) in [6.07, 6.45) is 0.104. The number of rotatable bonds is 5. The fourth-order valence-corrected chi connectivity index (χ4v) is 1.63. The van der Waals surface area contributed by atoms with E-state index in [0.717, 1.165) is 0 Å². The van der Waals surface area contributed by atoms with Crippen LogP contribution in [0.25, 0.3) is 0 Å². The molecule has 0 amide bonds. The number of carbonyl (C=O) groups is 2. The van der Waals surface area contributed by atoms with Crippen molar-refractivity contribution < 1.29 is 18.8 Å². The van der Waals surface area contributed by atoms with Crippen LogP contribution >= 0.6 is 0 Å². The highest BCUT2D eigenvalue weighted by Gasteiger charge is 2.20. The van der Waals surface area contributed by atoms with Crippen LogP contribution < -0.4 is 0 Å². The molecule has 0 bridgehead atoms. The van der Waals surface area contributed by atoms with Crippen molar-refractivity contribution in [3.8, 4) is 0 Å². The van der Waals surface area contributed by atoms with E-state index in [4.69, 9.17) is 9.16 Å². The van der Waals surface area contributed by atoms with E-state index < -0.39 is 14.3 Å². The van der Waals surface area contributed by atoms with Crippen molar-refractivity contribution >= 4 is 20.3 Å². The molecule has 0 aromatic carbocycles. The molecule has 4 nitrogen and oxygen atoms in total. The van der Waals surface area contributed by atoms with Gasteiger partial charge in [0.15, 0.2) is 0 Å². The minimum Gasteiger partial charge on any atom is -0.520 e. The molecule has 0 fully saturated rings. The van der Waals surface area contributed by atoms with Gasteiger partial charge in [-0.3, -0.25) is 9.59 Å². The average molecular weight is 230 g/mol. The molecule has 0 aliphatic rings. The molecule has 0 N–H and O–H groups in total. The quantitative estimate of drug-likeness (QED) is 0.413. The summed E-state index contributed by atoms with van der Waals surface area (Å²) in [6.45, 7) is 10.8. The first-order valence-corrected chi connectivity index (χ1v) is 8.19. The van der Waals surface area contributed by atoms with Gasteiger partial charge in [-0.25, -0.2) is 0 Å². The van der Waals surface area contributed by atoms with Crippen molar-refractivity contribution in [3.05, 3.63) is 12.3 Å². The number of hydrogen-bond donors (Lipinski definition) is 0. The van der Waals surface area contributed by atoms with Gasteiger partial charge in [-0.2, -0.15) is 0 Å². The van der Waals surface area contributed by atoms with Crippen molar-refractivity contribution in [2.45, 2.75) is 39.4 Å². The molecule has 0 heterocycles. The molecule has 0 unspecified atom stereocenters. The van der Waals surface area contributed by atoms with Crippen LogP contribution in [0.2, 0.25) is 19.6 Å². The second-order valence-corrected chi connectivity index (χ2v) is 8.69. The van der Waals surface area contributed by atoms with E-state index in [9.17, 15) is 9.59 Å². The normalized spacial score (nSPS) is 10.7. The first kappa shape index (κ1) is 13.9. The van der Waals surface area contributed by atoms with E-state index in [0.29, 0.717) is 5.76 Å². The second kappa shape index (κ2) is 5.70. The van der Waals surface area contributed by atoms with Gasteiger partial charge in [-0.05, 0) is 26.6 Å². The van der Waals surface area contributed by atoms with Crippen LogP contribution in [0.3, 0.4) is 0 Å². The van der Waals surface area contributed by atoms with Gasteiger partial charge in [0.1, 0.15) is 0 Å². The van der Waals surface area contributed by atoms with E-state index in [1.54, 1.807) is 6.92 Å². The van der Waals surface area contributed by atoms with Crippen LogP contribution in [-0.2, 0) is 18.8 Å². The van der Waals surface area contributed by atoms with Crippen molar-refractivity contribution in [3.63, 3.8) is 0 Å². The summed E-state index contributed by atoms with van der Waals surface area (Å²) in [6, 6.07) is 0. The number of hydrogen-bond acceptors (Lipinski definition) is 4. The van der Waals surface area contributed by atoms with Crippen LogP contribution in [0.15, 0.2) is 12.3 Å². The maximum Gasteiger partial charge on any atom is 0.311 e. The molecule has 0 saturated heterocycles. The zero-order valence-corrected chi connectivity index (χ0v) is 10.8. The summed E-state index contributed by atoms with van der Waals surface area (Å²) in [4.78, 5) is 22.3. The van der Waals surface area contributed by atoms with Crippen molar-refractivity contribution in [2.24, 2.45) is 0 Å². The summed E-state index contributed by atoms with van der Waals surface area (Å²) in [5.41, 5.74) is 0. The Bertz CT molecular complexity index is 265. The van der Waals surface area contributed by atoms with Gasteiger partial charge in [-0.15, -0.1) is 0 Å². The fourth-order valence-electron chi connectivity index (χ4n) is 0.842. The highest BCUT2D eigenvalue weighted by Crippen LogP contribution is 2.06. The predicted molar refractivity (Wildman–Crippen MR) is 59.6 cm³/mol. The zero-order chi connectivity index (χ0) is 12.1. The molecule has 0 aromatic heterocycles. The fraction of sp³-hybridized carbons (Fsp3) is 0.600. The largest absolute Gasteiger partial charge is 0.520 e. The highest BCUT2D eigenvalue weighted by atomic mass is 28.4. The Morgan fingerprint density at radius 1 is 1.13 bits per heavy atom. The summed E-state index contributed by atoms with van der Waals surface area (Å²) >= 11 is 0. The molecule has 0 radical (unpaired) electrons. The summed E-state index contributed by atoms with van der Waals surface area (Å²) in [5.74, 6) is -0.457. The number of esters is 1. The van der Waals surface area contributed by atoms with Crippen LogP contribution in [0, 0.1) is 0 Å². The van der Waals surface area contributed by atoms with E-state index in [1.807, 2.05) is 19.6 Å². The highest BCUT2D eigenvalue weighted by molar-refractivity contribution is 6.71. The van der Waals surface area contributed by atoms with Crippen LogP contribution in [0.1, 0.15) is 19.8 Å². The molecular weight excluding hydrogens is 212 g/mol. The van der Waals surface area contributed by atoms with Gasteiger partial charge >= 0.3 is 5.97 Å². The van der Waals surface area contributed by atoms with Gasteiger partial charge in [0.25, 0.3) is 5.97 Å². The minimum absolute atomic E-state index is 0.0379. The molecule has 0 atom stereocenters. The maximum absolute atomic E-state index is 11.2. The van der Waals surface area contributed by atoms with Crippen molar-refractivity contribution in [2.75, 3.05) is 0 Å². The lowest BCUT2D eigenvalue weighted by atomic mass is 10.3. The second-order valence-electron chi connectivity index (χ2n) is 4.26. The summed E-state index contributed by atoms with van der Waals surface area (Å²) in [7, 11) is -1.84. The van der Waals surface area contributed by atoms with Crippen LogP contribution in [0.5, 0.6) is 0 Å². The standard InChI is InChI=1S/C10H18O4Si/c1-8(2)13-9(11)6-7-10(12)14-15(3,4)5/h1,6-7H2,2-5H3. The lowest BCUT2D eigenvalue weighted by Crippen LogP contribution is -2.29. The third-order valence-electron chi connectivity index (χ3n) is 1.24. The lowest BCUT2D eigenvalue weighted by Gasteiger charge is -2.16. The average Bonchev–Trinajstić information content (AvgIpc) is 1.96. The van der Waals surface area contributed by atoms with Gasteiger partial charge in [0.2, 0.25) is 8.32 Å². The Morgan fingerprint density at radius 2 is 1.60 bits per heavy atom. The van der Waals surface area contributed by atoms with Crippen molar-refractivity contribution in [1.29, 1.82) is 0 Å². The Kier molecular flexibility index (Phi) is 5.28.